The molecule has 0 aliphatic rings. The summed E-state index contributed by atoms with van der Waals surface area (Å²) in [5.74, 6) is 1.79. The van der Waals surface area contributed by atoms with Gasteiger partial charge in [0.05, 0.1) is 0 Å². The van der Waals surface area contributed by atoms with Crippen LogP contribution in [0.3, 0.4) is 0 Å². The van der Waals surface area contributed by atoms with Crippen LogP contribution in [-0.4, -0.2) is 30.3 Å². The Labute approximate surface area is 115 Å². The van der Waals surface area contributed by atoms with Gasteiger partial charge in [0.25, 0.3) is 0 Å². The maximum Gasteiger partial charge on any atom is 0.00458 e. The largest absolute Gasteiger partial charge is 0.303 e. The van der Waals surface area contributed by atoms with Gasteiger partial charge < -0.3 is 4.90 Å². The Morgan fingerprint density at radius 2 is 1.59 bits per heavy atom. The number of nitrogens with zero attached hydrogens (tertiary/aromatic N) is 1. The van der Waals surface area contributed by atoms with Crippen molar-refractivity contribution < 1.29 is 0 Å². The molecule has 0 unspecified atom stereocenters. The topological polar surface area (TPSA) is 3.24 Å². The van der Waals surface area contributed by atoms with Crippen molar-refractivity contribution in [3.05, 3.63) is 0 Å². The predicted molar refractivity (Wildman–Crippen MR) is 83.1 cm³/mol. The van der Waals surface area contributed by atoms with Crippen LogP contribution in [0.15, 0.2) is 0 Å². The quantitative estimate of drug-likeness (QED) is 0.566. The second-order valence-electron chi connectivity index (χ2n) is 5.88. The van der Waals surface area contributed by atoms with Crippen LogP contribution in [0.25, 0.3) is 0 Å². The number of hydrogen-bond acceptors (Lipinski definition) is 2. The smallest absolute Gasteiger partial charge is 0.00458 e. The summed E-state index contributed by atoms with van der Waals surface area (Å²) in [6.45, 7) is 15.1. The van der Waals surface area contributed by atoms with Crippen molar-refractivity contribution in [3.8, 4) is 0 Å². The Hall–Kier alpha value is 0.310. The SMILES string of the molecule is CCCC(CS)(CCC)CN(CC)CC(C)C. The van der Waals surface area contributed by atoms with Crippen LogP contribution in [0.5, 0.6) is 0 Å². The Morgan fingerprint density at radius 1 is 1.06 bits per heavy atom. The lowest BCUT2D eigenvalue weighted by Crippen LogP contribution is -2.40. The van der Waals surface area contributed by atoms with Crippen molar-refractivity contribution in [3.63, 3.8) is 0 Å². The first-order chi connectivity index (χ1) is 8.03. The summed E-state index contributed by atoms with van der Waals surface area (Å²) in [7, 11) is 0. The van der Waals surface area contributed by atoms with Crippen LogP contribution < -0.4 is 0 Å². The summed E-state index contributed by atoms with van der Waals surface area (Å²) in [5.41, 5.74) is 0.442. The first-order valence-corrected chi connectivity index (χ1v) is 8.00. The van der Waals surface area contributed by atoms with Crippen LogP contribution in [0.2, 0.25) is 0 Å². The van der Waals surface area contributed by atoms with E-state index in [4.69, 9.17) is 0 Å². The fourth-order valence-electron chi connectivity index (χ4n) is 2.85. The minimum atomic E-state index is 0.442. The molecule has 0 saturated carbocycles. The van der Waals surface area contributed by atoms with Crippen molar-refractivity contribution in [2.75, 3.05) is 25.4 Å². The highest BCUT2D eigenvalue weighted by Crippen LogP contribution is 2.32. The van der Waals surface area contributed by atoms with E-state index < -0.39 is 0 Å². The number of hydrogen-bond donors (Lipinski definition) is 1. The molecule has 0 amide bonds. The highest BCUT2D eigenvalue weighted by Gasteiger charge is 2.29. The molecule has 0 N–H and O–H groups in total. The zero-order valence-electron chi connectivity index (χ0n) is 12.6. The number of thiol groups is 1. The second-order valence-corrected chi connectivity index (χ2v) is 6.20. The first-order valence-electron chi connectivity index (χ1n) is 7.36. The van der Waals surface area contributed by atoms with Crippen LogP contribution in [-0.2, 0) is 0 Å². The van der Waals surface area contributed by atoms with Gasteiger partial charge in [-0.3, -0.25) is 0 Å². The third kappa shape index (κ3) is 6.71. The molecule has 17 heavy (non-hydrogen) atoms. The standard InChI is InChI=1S/C15H33NS/c1-6-9-15(13-17,10-7-2)12-16(8-3)11-14(4)5/h14,17H,6-13H2,1-5H3. The van der Waals surface area contributed by atoms with E-state index in [1.54, 1.807) is 0 Å². The monoisotopic (exact) mass is 259 g/mol. The fraction of sp³-hybridized carbons (Fsp3) is 1.00. The van der Waals surface area contributed by atoms with Crippen LogP contribution in [0.1, 0.15) is 60.3 Å². The van der Waals surface area contributed by atoms with Gasteiger partial charge in [0.15, 0.2) is 0 Å². The summed E-state index contributed by atoms with van der Waals surface area (Å²) in [6.07, 6.45) is 5.19. The third-order valence-corrected chi connectivity index (χ3v) is 4.20. The molecule has 0 aromatic carbocycles. The molecule has 0 fully saturated rings. The van der Waals surface area contributed by atoms with Gasteiger partial charge in [-0.25, -0.2) is 0 Å². The zero-order chi connectivity index (χ0) is 13.3. The summed E-state index contributed by atoms with van der Waals surface area (Å²) >= 11 is 4.65. The van der Waals surface area contributed by atoms with E-state index in [-0.39, 0.29) is 0 Å². The summed E-state index contributed by atoms with van der Waals surface area (Å²) in [5, 5.41) is 0. The van der Waals surface area contributed by atoms with E-state index in [1.807, 2.05) is 0 Å². The van der Waals surface area contributed by atoms with Gasteiger partial charge in [0.2, 0.25) is 0 Å². The molecular weight excluding hydrogens is 226 g/mol. The van der Waals surface area contributed by atoms with Crippen LogP contribution >= 0.6 is 12.6 Å². The van der Waals surface area contributed by atoms with Crippen molar-refractivity contribution in [2.24, 2.45) is 11.3 Å². The van der Waals surface area contributed by atoms with E-state index in [0.29, 0.717) is 5.41 Å². The highest BCUT2D eigenvalue weighted by molar-refractivity contribution is 7.80. The van der Waals surface area contributed by atoms with Crippen molar-refractivity contribution >= 4 is 12.6 Å². The molecule has 104 valence electrons. The molecule has 0 heterocycles. The molecule has 0 spiro atoms. The van der Waals surface area contributed by atoms with Crippen LogP contribution in [0.4, 0.5) is 0 Å². The Kier molecular flexibility index (Phi) is 9.44. The fourth-order valence-corrected chi connectivity index (χ4v) is 3.26. The molecule has 0 aliphatic carbocycles. The molecule has 0 aromatic rings. The van der Waals surface area contributed by atoms with E-state index >= 15 is 0 Å². The maximum atomic E-state index is 4.65. The average molecular weight is 260 g/mol. The molecule has 0 radical (unpaired) electrons. The molecule has 0 aliphatic heterocycles. The molecule has 0 aromatic heterocycles. The molecule has 2 heteroatoms. The summed E-state index contributed by atoms with van der Waals surface area (Å²) in [6, 6.07) is 0. The van der Waals surface area contributed by atoms with Crippen molar-refractivity contribution in [1.82, 2.24) is 4.90 Å². The van der Waals surface area contributed by atoms with Gasteiger partial charge in [-0.05, 0) is 36.5 Å². The lowest BCUT2D eigenvalue weighted by atomic mass is 9.80. The Bertz CT molecular complexity index is 174. The third-order valence-electron chi connectivity index (χ3n) is 3.53. The van der Waals surface area contributed by atoms with Crippen molar-refractivity contribution in [2.45, 2.75) is 60.3 Å². The predicted octanol–water partition coefficient (Wildman–Crippen LogP) is 4.48. The second kappa shape index (κ2) is 9.27. The minimum absolute atomic E-state index is 0.442. The minimum Gasteiger partial charge on any atom is -0.303 e. The zero-order valence-corrected chi connectivity index (χ0v) is 13.5. The molecule has 1 nitrogen and oxygen atoms in total. The average Bonchev–Trinajstić information content (AvgIpc) is 2.28. The molecular formula is C15H33NS. The lowest BCUT2D eigenvalue weighted by molar-refractivity contribution is 0.140. The van der Waals surface area contributed by atoms with Gasteiger partial charge in [-0.1, -0.05) is 47.5 Å². The van der Waals surface area contributed by atoms with Gasteiger partial charge >= 0.3 is 0 Å². The van der Waals surface area contributed by atoms with E-state index in [1.165, 1.54) is 45.3 Å². The Balaban J connectivity index is 4.55. The Morgan fingerprint density at radius 3 is 1.88 bits per heavy atom. The lowest BCUT2D eigenvalue weighted by Gasteiger charge is -2.38. The molecule has 0 rings (SSSR count). The maximum absolute atomic E-state index is 4.65. The number of rotatable bonds is 10. The van der Waals surface area contributed by atoms with E-state index in [2.05, 4.69) is 52.1 Å². The summed E-state index contributed by atoms with van der Waals surface area (Å²) < 4.78 is 0. The van der Waals surface area contributed by atoms with Crippen molar-refractivity contribution in [1.29, 1.82) is 0 Å². The molecule has 0 bridgehead atoms. The normalized spacial score (nSPS) is 12.7. The van der Waals surface area contributed by atoms with Gasteiger partial charge in [-0.15, -0.1) is 0 Å². The highest BCUT2D eigenvalue weighted by atomic mass is 32.1. The molecule has 0 saturated heterocycles. The van der Waals surface area contributed by atoms with Crippen LogP contribution in [0, 0.1) is 11.3 Å². The van der Waals surface area contributed by atoms with Gasteiger partial charge in [0, 0.05) is 13.1 Å². The van der Waals surface area contributed by atoms with E-state index in [9.17, 15) is 0 Å². The van der Waals surface area contributed by atoms with E-state index in [0.717, 1.165) is 11.7 Å². The van der Waals surface area contributed by atoms with Gasteiger partial charge in [0.1, 0.15) is 0 Å². The molecule has 0 atom stereocenters. The van der Waals surface area contributed by atoms with Gasteiger partial charge in [-0.2, -0.15) is 12.6 Å². The summed E-state index contributed by atoms with van der Waals surface area (Å²) in [4.78, 5) is 2.62. The first kappa shape index (κ1) is 17.3.